The Kier molecular flexibility index (Phi) is 7.24. The SMILES string of the molecule is Cc1cc(C(=O)N2CCN(S(=O)(=O)c3ccc(C(F)(F)F)cc3)C[C@@H]2C)cnc1N.Cl. The van der Waals surface area contributed by atoms with Crippen molar-refractivity contribution in [3.63, 3.8) is 0 Å². The van der Waals surface area contributed by atoms with Crippen molar-refractivity contribution in [3.05, 3.63) is 53.2 Å². The lowest BCUT2D eigenvalue weighted by Crippen LogP contribution is -2.55. The van der Waals surface area contributed by atoms with Crippen molar-refractivity contribution in [2.75, 3.05) is 25.4 Å². The summed E-state index contributed by atoms with van der Waals surface area (Å²) in [7, 11) is -3.98. The molecule has 2 aromatic rings. The van der Waals surface area contributed by atoms with Crippen molar-refractivity contribution in [1.29, 1.82) is 0 Å². The molecule has 7 nitrogen and oxygen atoms in total. The van der Waals surface area contributed by atoms with E-state index < -0.39 is 27.8 Å². The van der Waals surface area contributed by atoms with Gasteiger partial charge in [0.05, 0.1) is 16.0 Å². The molecular weight excluding hydrogens is 457 g/mol. The number of aromatic nitrogens is 1. The number of nitrogens with two attached hydrogens (primary N) is 1. The first-order valence-corrected chi connectivity index (χ1v) is 10.6. The fourth-order valence-electron chi connectivity index (χ4n) is 3.28. The summed E-state index contributed by atoms with van der Waals surface area (Å²) in [5.74, 6) is 0.0386. The second-order valence-corrected chi connectivity index (χ2v) is 9.10. The van der Waals surface area contributed by atoms with Crippen LogP contribution in [0.1, 0.15) is 28.4 Å². The number of alkyl halides is 3. The molecule has 1 aliphatic heterocycles. The Balaban J connectivity index is 0.00000341. The van der Waals surface area contributed by atoms with Gasteiger partial charge in [0, 0.05) is 31.9 Å². The van der Waals surface area contributed by atoms with E-state index in [-0.39, 0.29) is 42.8 Å². The molecule has 1 aromatic carbocycles. The van der Waals surface area contributed by atoms with Gasteiger partial charge in [0.15, 0.2) is 0 Å². The number of amides is 1. The molecule has 3 rings (SSSR count). The summed E-state index contributed by atoms with van der Waals surface area (Å²) < 4.78 is 65.0. The lowest BCUT2D eigenvalue weighted by atomic mass is 10.1. The van der Waals surface area contributed by atoms with E-state index in [1.165, 1.54) is 10.5 Å². The zero-order chi connectivity index (χ0) is 22.3. The van der Waals surface area contributed by atoms with Crippen molar-refractivity contribution in [2.24, 2.45) is 0 Å². The molecule has 1 saturated heterocycles. The van der Waals surface area contributed by atoms with E-state index in [4.69, 9.17) is 5.73 Å². The van der Waals surface area contributed by atoms with E-state index in [9.17, 15) is 26.4 Å². The third-order valence-corrected chi connectivity index (χ3v) is 6.92. The van der Waals surface area contributed by atoms with E-state index in [1.54, 1.807) is 24.8 Å². The van der Waals surface area contributed by atoms with Gasteiger partial charge in [-0.1, -0.05) is 0 Å². The minimum atomic E-state index is -4.54. The highest BCUT2D eigenvalue weighted by molar-refractivity contribution is 7.89. The monoisotopic (exact) mass is 478 g/mol. The summed E-state index contributed by atoms with van der Waals surface area (Å²) in [6, 6.07) is 4.57. The number of sulfonamides is 1. The lowest BCUT2D eigenvalue weighted by Gasteiger charge is -2.39. The predicted octanol–water partition coefficient (Wildman–Crippen LogP) is 2.95. The first kappa shape index (κ1) is 24.9. The summed E-state index contributed by atoms with van der Waals surface area (Å²) >= 11 is 0. The van der Waals surface area contributed by atoms with Crippen LogP contribution < -0.4 is 5.73 Å². The third-order valence-electron chi connectivity index (χ3n) is 5.04. The number of pyridine rings is 1. The Morgan fingerprint density at radius 2 is 1.81 bits per heavy atom. The number of piperazine rings is 1. The van der Waals surface area contributed by atoms with Crippen LogP contribution in [0.15, 0.2) is 41.4 Å². The van der Waals surface area contributed by atoms with Gasteiger partial charge in [-0.05, 0) is 49.7 Å². The molecule has 0 radical (unpaired) electrons. The van der Waals surface area contributed by atoms with Crippen LogP contribution in [0.5, 0.6) is 0 Å². The molecule has 170 valence electrons. The van der Waals surface area contributed by atoms with Crippen molar-refractivity contribution in [2.45, 2.75) is 31.0 Å². The second-order valence-electron chi connectivity index (χ2n) is 7.16. The number of hydrogen-bond acceptors (Lipinski definition) is 5. The number of benzene rings is 1. The number of hydrogen-bond donors (Lipinski definition) is 1. The summed E-state index contributed by atoms with van der Waals surface area (Å²) in [6.07, 6.45) is -3.17. The van der Waals surface area contributed by atoms with Gasteiger partial charge in [0.1, 0.15) is 5.82 Å². The molecule has 1 fully saturated rings. The van der Waals surface area contributed by atoms with E-state index in [2.05, 4.69) is 4.98 Å². The minimum Gasteiger partial charge on any atom is -0.383 e. The Bertz CT molecular complexity index is 1060. The van der Waals surface area contributed by atoms with E-state index in [1.807, 2.05) is 0 Å². The topological polar surface area (TPSA) is 96.6 Å². The van der Waals surface area contributed by atoms with Crippen molar-refractivity contribution < 1.29 is 26.4 Å². The summed E-state index contributed by atoms with van der Waals surface area (Å²) in [5.41, 5.74) is 5.78. The average Bonchev–Trinajstić information content (AvgIpc) is 2.69. The molecule has 1 aromatic heterocycles. The van der Waals surface area contributed by atoms with Gasteiger partial charge in [-0.3, -0.25) is 4.79 Å². The molecule has 2 N–H and O–H groups in total. The molecule has 12 heteroatoms. The molecule has 0 saturated carbocycles. The molecule has 31 heavy (non-hydrogen) atoms. The summed E-state index contributed by atoms with van der Waals surface area (Å²) in [5, 5.41) is 0. The van der Waals surface area contributed by atoms with Crippen LogP contribution in [-0.2, 0) is 16.2 Å². The summed E-state index contributed by atoms with van der Waals surface area (Å²) in [6.45, 7) is 3.64. The van der Waals surface area contributed by atoms with E-state index in [0.29, 0.717) is 16.9 Å². The van der Waals surface area contributed by atoms with Crippen LogP contribution in [0, 0.1) is 6.92 Å². The Morgan fingerprint density at radius 3 is 2.32 bits per heavy atom. The highest BCUT2D eigenvalue weighted by Gasteiger charge is 2.36. The van der Waals surface area contributed by atoms with E-state index in [0.717, 1.165) is 24.3 Å². The van der Waals surface area contributed by atoms with Crippen LogP contribution in [0.2, 0.25) is 0 Å². The number of aryl methyl sites for hydroxylation is 1. The van der Waals surface area contributed by atoms with Gasteiger partial charge in [-0.25, -0.2) is 13.4 Å². The van der Waals surface area contributed by atoms with Gasteiger partial charge in [-0.2, -0.15) is 17.5 Å². The zero-order valence-corrected chi connectivity index (χ0v) is 18.4. The number of rotatable bonds is 3. The van der Waals surface area contributed by atoms with Gasteiger partial charge in [0.25, 0.3) is 5.91 Å². The predicted molar refractivity (Wildman–Crippen MR) is 111 cm³/mol. The van der Waals surface area contributed by atoms with Crippen LogP contribution in [0.4, 0.5) is 19.0 Å². The largest absolute Gasteiger partial charge is 0.416 e. The van der Waals surface area contributed by atoms with Crippen LogP contribution in [-0.4, -0.2) is 54.2 Å². The van der Waals surface area contributed by atoms with Crippen molar-refractivity contribution in [1.82, 2.24) is 14.2 Å². The van der Waals surface area contributed by atoms with Gasteiger partial charge in [0.2, 0.25) is 10.0 Å². The molecule has 0 aliphatic carbocycles. The molecule has 1 atom stereocenters. The number of carbonyl (C=O) groups excluding carboxylic acids is 1. The van der Waals surface area contributed by atoms with Gasteiger partial charge >= 0.3 is 6.18 Å². The van der Waals surface area contributed by atoms with Crippen molar-refractivity contribution >= 4 is 34.2 Å². The zero-order valence-electron chi connectivity index (χ0n) is 16.8. The van der Waals surface area contributed by atoms with Crippen molar-refractivity contribution in [3.8, 4) is 0 Å². The molecule has 0 spiro atoms. The molecule has 1 amide bonds. The van der Waals surface area contributed by atoms with Crippen LogP contribution in [0.3, 0.4) is 0 Å². The number of nitrogens with zero attached hydrogens (tertiary/aromatic N) is 3. The molecule has 1 aliphatic rings. The first-order chi connectivity index (χ1) is 13.9. The average molecular weight is 479 g/mol. The third kappa shape index (κ3) is 5.10. The number of anilines is 1. The fraction of sp³-hybridized carbons (Fsp3) is 0.368. The first-order valence-electron chi connectivity index (χ1n) is 9.12. The van der Waals surface area contributed by atoms with Gasteiger partial charge in [-0.15, -0.1) is 12.4 Å². The smallest absolute Gasteiger partial charge is 0.383 e. The maximum absolute atomic E-state index is 12.8. The Labute approximate surface area is 184 Å². The van der Waals surface area contributed by atoms with Gasteiger partial charge < -0.3 is 10.6 Å². The number of carbonyl (C=O) groups is 1. The highest BCUT2D eigenvalue weighted by Crippen LogP contribution is 2.30. The standard InChI is InChI=1S/C19H21F3N4O3S.ClH/c1-12-9-14(10-24-17(12)23)18(27)26-8-7-25(11-13(26)2)30(28,29)16-5-3-15(4-6-16)19(20,21)22;/h3-6,9-10,13H,7-8,11H2,1-2H3,(H2,23,24);1H/t13-;/m0./s1. The maximum atomic E-state index is 12.8. The fourth-order valence-corrected chi connectivity index (χ4v) is 4.79. The Hall–Kier alpha value is -2.37. The molecule has 0 unspecified atom stereocenters. The van der Waals surface area contributed by atoms with E-state index >= 15 is 0 Å². The number of nitrogen functional groups attached to an aromatic ring is 1. The van der Waals surface area contributed by atoms with Crippen LogP contribution >= 0.6 is 12.4 Å². The molecular formula is C19H22ClF3N4O3S. The summed E-state index contributed by atoms with van der Waals surface area (Å²) in [4.78, 5) is 18.1. The molecule has 0 bridgehead atoms. The van der Waals surface area contributed by atoms with Crippen LogP contribution in [0.25, 0.3) is 0 Å². The maximum Gasteiger partial charge on any atom is 0.416 e. The molecule has 2 heterocycles. The second kappa shape index (κ2) is 9.01. The highest BCUT2D eigenvalue weighted by atomic mass is 35.5. The normalized spacial score (nSPS) is 17.8. The lowest BCUT2D eigenvalue weighted by molar-refractivity contribution is -0.137. The number of halogens is 4. The Morgan fingerprint density at radius 1 is 1.19 bits per heavy atom. The quantitative estimate of drug-likeness (QED) is 0.731. The minimum absolute atomic E-state index is 0.